The van der Waals surface area contributed by atoms with Crippen LogP contribution in [0.4, 0.5) is 0 Å². The largest absolute Gasteiger partial charge is 0.388 e. The highest BCUT2D eigenvalue weighted by Gasteiger charge is 2.46. The van der Waals surface area contributed by atoms with Crippen molar-refractivity contribution in [3.8, 4) is 0 Å². The molecule has 0 bridgehead atoms. The fourth-order valence-corrected chi connectivity index (χ4v) is 2.47. The molecule has 3 rings (SSSR count). The lowest BCUT2D eigenvalue weighted by molar-refractivity contribution is 0.0743. The zero-order valence-electron chi connectivity index (χ0n) is 10.6. The highest BCUT2D eigenvalue weighted by Crippen LogP contribution is 2.35. The van der Waals surface area contributed by atoms with E-state index >= 15 is 0 Å². The summed E-state index contributed by atoms with van der Waals surface area (Å²) in [5.41, 5.74) is 7.44. The summed E-state index contributed by atoms with van der Waals surface area (Å²) >= 11 is 0. The molecule has 1 aliphatic heterocycles. The maximum absolute atomic E-state index is 10.6. The molecule has 1 saturated heterocycles. The van der Waals surface area contributed by atoms with Crippen molar-refractivity contribution >= 4 is 0 Å². The van der Waals surface area contributed by atoms with Crippen molar-refractivity contribution in [2.24, 2.45) is 5.73 Å². The molecular formula is C16H17NO2. The van der Waals surface area contributed by atoms with Gasteiger partial charge in [-0.2, -0.15) is 0 Å². The minimum atomic E-state index is -0.941. The second-order valence-electron chi connectivity index (χ2n) is 4.92. The fraction of sp³-hybridized carbons (Fsp3) is 0.250. The van der Waals surface area contributed by atoms with E-state index in [1.165, 1.54) is 0 Å². The average molecular weight is 255 g/mol. The number of aliphatic hydroxyl groups excluding tert-OH is 1. The van der Waals surface area contributed by atoms with Crippen molar-refractivity contribution in [2.45, 2.75) is 17.7 Å². The van der Waals surface area contributed by atoms with E-state index in [9.17, 15) is 5.11 Å². The minimum Gasteiger partial charge on any atom is -0.388 e. The maximum atomic E-state index is 10.6. The third-order valence-electron chi connectivity index (χ3n) is 3.68. The second kappa shape index (κ2) is 4.78. The van der Waals surface area contributed by atoms with Crippen LogP contribution in [-0.4, -0.2) is 23.9 Å². The van der Waals surface area contributed by atoms with Crippen molar-refractivity contribution < 1.29 is 9.84 Å². The zero-order valence-corrected chi connectivity index (χ0v) is 10.6. The standard InChI is InChI=1S/C16H17NO2/c17-16(15(18)14-11-19-14,12-7-3-1-4-8-12)13-9-5-2-6-10-13/h1-10,14-15,18H,11,17H2. The first-order chi connectivity index (χ1) is 9.23. The molecule has 3 N–H and O–H groups in total. The van der Waals surface area contributed by atoms with Gasteiger partial charge in [-0.05, 0) is 11.1 Å². The summed E-state index contributed by atoms with van der Waals surface area (Å²) in [4.78, 5) is 0. The maximum Gasteiger partial charge on any atom is 0.109 e. The van der Waals surface area contributed by atoms with E-state index in [4.69, 9.17) is 10.5 Å². The van der Waals surface area contributed by atoms with Crippen molar-refractivity contribution in [2.75, 3.05) is 6.61 Å². The smallest absolute Gasteiger partial charge is 0.109 e. The van der Waals surface area contributed by atoms with Gasteiger partial charge in [0, 0.05) is 0 Å². The number of nitrogens with two attached hydrogens (primary N) is 1. The van der Waals surface area contributed by atoms with Crippen LogP contribution in [-0.2, 0) is 10.3 Å². The van der Waals surface area contributed by atoms with Crippen LogP contribution in [0.3, 0.4) is 0 Å². The molecule has 1 fully saturated rings. The quantitative estimate of drug-likeness (QED) is 0.817. The first-order valence-electron chi connectivity index (χ1n) is 6.42. The Morgan fingerprint density at radius 1 is 1.00 bits per heavy atom. The molecule has 19 heavy (non-hydrogen) atoms. The van der Waals surface area contributed by atoms with Gasteiger partial charge in [0.2, 0.25) is 0 Å². The Balaban J connectivity index is 2.10. The molecule has 1 heterocycles. The van der Waals surface area contributed by atoms with Crippen LogP contribution in [0, 0.1) is 0 Å². The summed E-state index contributed by atoms with van der Waals surface area (Å²) in [6.45, 7) is 0.569. The van der Waals surface area contributed by atoms with E-state index in [-0.39, 0.29) is 6.10 Å². The predicted octanol–water partition coefficient (Wildman–Crippen LogP) is 1.65. The average Bonchev–Trinajstić information content (AvgIpc) is 3.32. The van der Waals surface area contributed by atoms with Gasteiger partial charge in [-0.25, -0.2) is 0 Å². The number of ether oxygens (including phenoxy) is 1. The van der Waals surface area contributed by atoms with Crippen LogP contribution in [0.2, 0.25) is 0 Å². The number of aliphatic hydroxyl groups is 1. The van der Waals surface area contributed by atoms with E-state index < -0.39 is 11.6 Å². The molecule has 0 aromatic heterocycles. The van der Waals surface area contributed by atoms with E-state index in [1.807, 2.05) is 60.7 Å². The lowest BCUT2D eigenvalue weighted by Crippen LogP contribution is -2.51. The minimum absolute atomic E-state index is 0.176. The Bertz CT molecular complexity index is 498. The van der Waals surface area contributed by atoms with Gasteiger partial charge in [0.15, 0.2) is 0 Å². The summed E-state index contributed by atoms with van der Waals surface area (Å²) < 4.78 is 5.23. The van der Waals surface area contributed by atoms with Gasteiger partial charge in [-0.15, -0.1) is 0 Å². The summed E-state index contributed by atoms with van der Waals surface area (Å²) in [5, 5.41) is 10.6. The molecule has 2 atom stereocenters. The van der Waals surface area contributed by atoms with E-state index in [2.05, 4.69) is 0 Å². The summed E-state index contributed by atoms with van der Waals surface area (Å²) in [7, 11) is 0. The number of epoxide rings is 1. The third kappa shape index (κ3) is 2.16. The first kappa shape index (κ1) is 12.4. The molecule has 3 heteroatoms. The molecular weight excluding hydrogens is 238 g/mol. The fourth-order valence-electron chi connectivity index (χ4n) is 2.47. The van der Waals surface area contributed by atoms with Gasteiger partial charge in [-0.1, -0.05) is 60.7 Å². The molecule has 2 unspecified atom stereocenters. The molecule has 0 amide bonds. The monoisotopic (exact) mass is 255 g/mol. The Labute approximate surface area is 112 Å². The molecule has 0 aliphatic carbocycles. The van der Waals surface area contributed by atoms with E-state index in [0.29, 0.717) is 6.61 Å². The van der Waals surface area contributed by atoms with Crippen LogP contribution in [0.1, 0.15) is 11.1 Å². The van der Waals surface area contributed by atoms with Gasteiger partial charge < -0.3 is 15.6 Å². The molecule has 0 saturated carbocycles. The number of benzene rings is 2. The first-order valence-corrected chi connectivity index (χ1v) is 6.42. The lowest BCUT2D eigenvalue weighted by atomic mass is 9.78. The molecule has 3 nitrogen and oxygen atoms in total. The summed E-state index contributed by atoms with van der Waals surface area (Å²) in [6.07, 6.45) is -0.928. The predicted molar refractivity (Wildman–Crippen MR) is 73.6 cm³/mol. The van der Waals surface area contributed by atoms with Crippen LogP contribution in [0.5, 0.6) is 0 Å². The van der Waals surface area contributed by atoms with Gasteiger partial charge in [0.1, 0.15) is 12.2 Å². The topological polar surface area (TPSA) is 58.8 Å². The number of rotatable bonds is 4. The Hall–Kier alpha value is -1.68. The van der Waals surface area contributed by atoms with Crippen LogP contribution < -0.4 is 5.73 Å². The highest BCUT2D eigenvalue weighted by molar-refractivity contribution is 5.40. The van der Waals surface area contributed by atoms with Gasteiger partial charge in [0.25, 0.3) is 0 Å². The normalized spacial score (nSPS) is 20.0. The molecule has 0 radical (unpaired) electrons. The van der Waals surface area contributed by atoms with Gasteiger partial charge >= 0.3 is 0 Å². The van der Waals surface area contributed by atoms with E-state index in [1.54, 1.807) is 0 Å². The van der Waals surface area contributed by atoms with Crippen molar-refractivity contribution in [3.63, 3.8) is 0 Å². The second-order valence-corrected chi connectivity index (χ2v) is 4.92. The summed E-state index contributed by atoms with van der Waals surface area (Å²) in [6, 6.07) is 19.4. The van der Waals surface area contributed by atoms with Crippen LogP contribution in [0.15, 0.2) is 60.7 Å². The SMILES string of the molecule is NC(c1ccccc1)(c1ccccc1)C(O)C1CO1. The molecule has 1 aliphatic rings. The Kier molecular flexibility index (Phi) is 3.11. The molecule has 98 valence electrons. The lowest BCUT2D eigenvalue weighted by Gasteiger charge is -2.34. The zero-order chi connectivity index (χ0) is 13.3. The highest BCUT2D eigenvalue weighted by atomic mass is 16.6. The molecule has 0 spiro atoms. The van der Waals surface area contributed by atoms with Crippen LogP contribution >= 0.6 is 0 Å². The van der Waals surface area contributed by atoms with Gasteiger partial charge in [0.05, 0.1) is 12.1 Å². The van der Waals surface area contributed by atoms with Gasteiger partial charge in [-0.3, -0.25) is 0 Å². The Morgan fingerprint density at radius 3 is 1.79 bits per heavy atom. The number of hydrogen-bond donors (Lipinski definition) is 2. The summed E-state index contributed by atoms with van der Waals surface area (Å²) in [5.74, 6) is 0. The third-order valence-corrected chi connectivity index (χ3v) is 3.68. The molecule has 2 aromatic carbocycles. The van der Waals surface area contributed by atoms with Crippen molar-refractivity contribution in [1.29, 1.82) is 0 Å². The number of hydrogen-bond acceptors (Lipinski definition) is 3. The van der Waals surface area contributed by atoms with Crippen molar-refractivity contribution in [1.82, 2.24) is 0 Å². The van der Waals surface area contributed by atoms with E-state index in [0.717, 1.165) is 11.1 Å². The van der Waals surface area contributed by atoms with Crippen LogP contribution in [0.25, 0.3) is 0 Å². The van der Waals surface area contributed by atoms with Crippen molar-refractivity contribution in [3.05, 3.63) is 71.8 Å². The molecule has 2 aromatic rings. The Morgan fingerprint density at radius 2 is 1.42 bits per heavy atom.